The van der Waals surface area contributed by atoms with E-state index in [2.05, 4.69) is 16.0 Å². The second kappa shape index (κ2) is 26.4. The van der Waals surface area contributed by atoms with Crippen LogP contribution in [-0.2, 0) is 49.5 Å². The lowest BCUT2D eigenvalue weighted by molar-refractivity contribution is -0.162. The Kier molecular flexibility index (Phi) is 21.0. The molecule has 2 saturated heterocycles. The number of esters is 2. The van der Waals surface area contributed by atoms with Gasteiger partial charge in [-0.25, -0.2) is 4.79 Å². The Morgan fingerprint density at radius 1 is 0.892 bits per heavy atom. The van der Waals surface area contributed by atoms with Crippen LogP contribution in [0.5, 0.6) is 5.75 Å². The molecule has 18 heteroatoms. The third-order valence-electron chi connectivity index (χ3n) is 14.4. The van der Waals surface area contributed by atoms with Gasteiger partial charge >= 0.3 is 11.9 Å². The molecular weight excluding hydrogens is 965 g/mol. The van der Waals surface area contributed by atoms with Crippen LogP contribution < -0.4 is 20.7 Å². The van der Waals surface area contributed by atoms with E-state index < -0.39 is 102 Å². The SMILES string of the molecule is CC[C@H](C)[C@H]1NC(=O)[C@@H](NC(=O)[C@@H](CC(C)C)N(C)C(=O)c2cc3ccccc3s2)[C@@H](C)OC(=O)[C@H](Cc2ccc(OC)cc2)N(C)C(=O)[C@@H]2CCCN2C(=O)[C@H](CC(C)C)NC(=O)[C@H](C(C)C)OC(=O)C[C@@H]1C. The lowest BCUT2D eigenvalue weighted by Crippen LogP contribution is -2.61. The molecule has 0 spiro atoms. The summed E-state index contributed by atoms with van der Waals surface area (Å²) in [4.78, 5) is 121. The number of hydrogen-bond donors (Lipinski definition) is 3. The van der Waals surface area contributed by atoms with Crippen LogP contribution in [0.2, 0.25) is 0 Å². The smallest absolute Gasteiger partial charge is 0.329 e. The fourth-order valence-electron chi connectivity index (χ4n) is 9.88. The first-order valence-corrected chi connectivity index (χ1v) is 27.0. The second-order valence-electron chi connectivity index (χ2n) is 21.5. The molecule has 74 heavy (non-hydrogen) atoms. The minimum absolute atomic E-state index is 0.0347. The summed E-state index contributed by atoms with van der Waals surface area (Å²) in [5.74, 6) is -5.86. The largest absolute Gasteiger partial charge is 0.497 e. The topological polar surface area (TPSA) is 210 Å². The van der Waals surface area contributed by atoms with E-state index >= 15 is 4.79 Å². The van der Waals surface area contributed by atoms with Crippen molar-refractivity contribution in [2.45, 2.75) is 163 Å². The minimum Gasteiger partial charge on any atom is -0.497 e. The highest BCUT2D eigenvalue weighted by Crippen LogP contribution is 2.29. The van der Waals surface area contributed by atoms with Crippen molar-refractivity contribution in [3.8, 4) is 5.75 Å². The van der Waals surface area contributed by atoms with Gasteiger partial charge in [-0.1, -0.05) is 99.1 Å². The number of likely N-dealkylation sites (N-methyl/N-ethyl adjacent to an activating group) is 2. The Morgan fingerprint density at radius 2 is 1.57 bits per heavy atom. The molecule has 10 atom stereocenters. The molecule has 0 radical (unpaired) electrons. The maximum Gasteiger partial charge on any atom is 0.329 e. The number of thiophene rings is 1. The molecule has 2 aliphatic rings. The molecule has 2 fully saturated rings. The predicted molar refractivity (Wildman–Crippen MR) is 284 cm³/mol. The average molecular weight is 1050 g/mol. The minimum atomic E-state index is -1.55. The number of nitrogens with one attached hydrogen (secondary N) is 3. The van der Waals surface area contributed by atoms with Crippen LogP contribution in [0.25, 0.3) is 10.1 Å². The molecule has 2 aliphatic heterocycles. The van der Waals surface area contributed by atoms with E-state index in [9.17, 15) is 33.6 Å². The van der Waals surface area contributed by atoms with Crippen LogP contribution >= 0.6 is 11.3 Å². The summed E-state index contributed by atoms with van der Waals surface area (Å²) < 4.78 is 18.4. The van der Waals surface area contributed by atoms with Crippen molar-refractivity contribution < 1.29 is 52.6 Å². The number of fused-ring (bicyclic) bond motifs is 2. The standard InChI is InChI=1S/C56H80N6O11S/c1-14-34(8)47-35(9)28-46(63)73-49(33(6)7)52(66)57-40(26-31(2)3)53(67)62-25-17-19-41(62)54(68)61(12)43(29-37-21-23-39(71-13)24-22-37)56(70)72-36(10)48(51(65)58-47)59-50(64)42(27-32(4)5)60(11)55(69)45-30-38-18-15-16-20-44(38)74-45/h15-16,18,20-24,30-36,40-43,47-49H,14,17,19,25-29H2,1-13H3,(H,57,66)(H,58,65)(H,59,64)/t34-,35-,36+,40-,41-,42+,43-,47+,48-,49-/m0/s1. The van der Waals surface area contributed by atoms with Gasteiger partial charge in [0.15, 0.2) is 6.10 Å². The van der Waals surface area contributed by atoms with Gasteiger partial charge in [0.1, 0.15) is 42.1 Å². The Bertz CT molecular complexity index is 2430. The average Bonchev–Trinajstić information content (AvgIpc) is 4.03. The molecule has 2 aromatic carbocycles. The van der Waals surface area contributed by atoms with Gasteiger partial charge in [-0.3, -0.25) is 33.6 Å². The van der Waals surface area contributed by atoms with Crippen molar-refractivity contribution in [2.75, 3.05) is 27.7 Å². The molecule has 0 bridgehead atoms. The summed E-state index contributed by atoms with van der Waals surface area (Å²) in [7, 11) is 4.55. The van der Waals surface area contributed by atoms with Crippen LogP contribution in [0.4, 0.5) is 0 Å². The van der Waals surface area contributed by atoms with E-state index in [0.29, 0.717) is 29.0 Å². The molecule has 17 nitrogen and oxygen atoms in total. The molecule has 3 heterocycles. The van der Waals surface area contributed by atoms with Crippen molar-refractivity contribution in [1.82, 2.24) is 30.7 Å². The maximum atomic E-state index is 15.0. The highest BCUT2D eigenvalue weighted by atomic mass is 32.1. The lowest BCUT2D eigenvalue weighted by Gasteiger charge is -2.36. The van der Waals surface area contributed by atoms with Gasteiger partial charge in [0.05, 0.1) is 18.4 Å². The Balaban J connectivity index is 1.60. The van der Waals surface area contributed by atoms with Gasteiger partial charge in [0.25, 0.3) is 11.8 Å². The molecule has 406 valence electrons. The fraction of sp³-hybridized carbons (Fsp3) is 0.607. The predicted octanol–water partition coefficient (Wildman–Crippen LogP) is 6.54. The zero-order valence-electron chi connectivity index (χ0n) is 45.6. The number of carbonyl (C=O) groups is 8. The zero-order chi connectivity index (χ0) is 54.7. The van der Waals surface area contributed by atoms with E-state index in [4.69, 9.17) is 14.2 Å². The van der Waals surface area contributed by atoms with Crippen LogP contribution in [0.1, 0.15) is 123 Å². The van der Waals surface area contributed by atoms with E-state index in [1.165, 1.54) is 47.1 Å². The number of cyclic esters (lactones) is 2. The molecule has 3 aromatic rings. The monoisotopic (exact) mass is 1040 g/mol. The van der Waals surface area contributed by atoms with Crippen molar-refractivity contribution in [1.29, 1.82) is 0 Å². The first-order valence-electron chi connectivity index (χ1n) is 26.2. The quantitative estimate of drug-likeness (QED) is 0.148. The highest BCUT2D eigenvalue weighted by molar-refractivity contribution is 7.20. The molecule has 1 aromatic heterocycles. The third kappa shape index (κ3) is 14.8. The number of hydrogen-bond acceptors (Lipinski definition) is 12. The normalized spacial score (nSPS) is 24.9. The first kappa shape index (κ1) is 58.8. The van der Waals surface area contributed by atoms with E-state index in [0.717, 1.165) is 10.1 Å². The molecule has 6 amide bonds. The number of amides is 6. The van der Waals surface area contributed by atoms with Gasteiger partial charge < -0.3 is 44.9 Å². The Labute approximate surface area is 441 Å². The lowest BCUT2D eigenvalue weighted by atomic mass is 9.86. The molecule has 0 unspecified atom stereocenters. The maximum absolute atomic E-state index is 15.0. The zero-order valence-corrected chi connectivity index (χ0v) is 46.4. The van der Waals surface area contributed by atoms with Gasteiger partial charge in [-0.05, 0) is 97.4 Å². The Hall–Kier alpha value is -6.04. The van der Waals surface area contributed by atoms with E-state index in [1.54, 1.807) is 58.2 Å². The fourth-order valence-corrected chi connectivity index (χ4v) is 10.9. The summed E-state index contributed by atoms with van der Waals surface area (Å²) in [6.45, 7) is 18.5. The molecule has 3 N–H and O–H groups in total. The number of nitrogens with zero attached hydrogens (tertiary/aromatic N) is 3. The second-order valence-corrected chi connectivity index (χ2v) is 22.6. The summed E-state index contributed by atoms with van der Waals surface area (Å²) >= 11 is 1.31. The van der Waals surface area contributed by atoms with Crippen molar-refractivity contribution in [2.24, 2.45) is 29.6 Å². The van der Waals surface area contributed by atoms with Crippen molar-refractivity contribution >= 4 is 68.8 Å². The first-order chi connectivity index (χ1) is 34.9. The highest BCUT2D eigenvalue weighted by Gasteiger charge is 2.44. The number of rotatable bonds is 14. The van der Waals surface area contributed by atoms with Crippen molar-refractivity contribution in [3.63, 3.8) is 0 Å². The summed E-state index contributed by atoms with van der Waals surface area (Å²) in [5, 5.41) is 9.72. The van der Waals surface area contributed by atoms with Crippen LogP contribution in [0.3, 0.4) is 0 Å². The van der Waals surface area contributed by atoms with Gasteiger partial charge in [-0.15, -0.1) is 11.3 Å². The molecular formula is C56H80N6O11S. The Morgan fingerprint density at radius 3 is 2.18 bits per heavy atom. The van der Waals surface area contributed by atoms with Crippen molar-refractivity contribution in [3.05, 3.63) is 65.0 Å². The number of benzene rings is 2. The van der Waals surface area contributed by atoms with Crippen LogP contribution in [-0.4, -0.2) is 138 Å². The van der Waals surface area contributed by atoms with Crippen LogP contribution in [0, 0.1) is 29.6 Å². The molecule has 5 rings (SSSR count). The summed E-state index contributed by atoms with van der Waals surface area (Å²) in [6.07, 6.45) is -1.09. The van der Waals surface area contributed by atoms with Gasteiger partial charge in [0.2, 0.25) is 23.6 Å². The van der Waals surface area contributed by atoms with E-state index in [-0.39, 0.29) is 62.3 Å². The summed E-state index contributed by atoms with van der Waals surface area (Å²) in [6, 6.07) is 9.68. The molecule has 0 aliphatic carbocycles. The number of ether oxygens (including phenoxy) is 3. The molecule has 0 saturated carbocycles. The summed E-state index contributed by atoms with van der Waals surface area (Å²) in [5.41, 5.74) is 0.650. The number of carbonyl (C=O) groups excluding carboxylic acids is 8. The van der Waals surface area contributed by atoms with Crippen LogP contribution in [0.15, 0.2) is 54.6 Å². The van der Waals surface area contributed by atoms with E-state index in [1.807, 2.05) is 65.8 Å². The van der Waals surface area contributed by atoms with Gasteiger partial charge in [0, 0.05) is 37.8 Å². The third-order valence-corrected chi connectivity index (χ3v) is 15.5. The number of methoxy groups -OCH3 is 1. The van der Waals surface area contributed by atoms with Gasteiger partial charge in [-0.2, -0.15) is 0 Å².